The zero-order valence-corrected chi connectivity index (χ0v) is 10.3. The third-order valence-electron chi connectivity index (χ3n) is 2.05. The van der Waals surface area contributed by atoms with Crippen molar-refractivity contribution in [3.63, 3.8) is 0 Å². The second-order valence-electron chi connectivity index (χ2n) is 4.16. The molecule has 2 N–H and O–H groups in total. The van der Waals surface area contributed by atoms with Gasteiger partial charge >= 0.3 is 0 Å². The Morgan fingerprint density at radius 1 is 1.33 bits per heavy atom. The fourth-order valence-corrected chi connectivity index (χ4v) is 1.09. The molecule has 0 saturated heterocycles. The van der Waals surface area contributed by atoms with E-state index in [0.717, 1.165) is 26.1 Å². The lowest BCUT2D eigenvalue weighted by Gasteiger charge is -2.14. The zero-order valence-electron chi connectivity index (χ0n) is 10.3. The van der Waals surface area contributed by atoms with Crippen LogP contribution in [-0.2, 0) is 9.53 Å². The maximum atomic E-state index is 11.5. The average molecular weight is 216 g/mol. The van der Waals surface area contributed by atoms with Gasteiger partial charge in [-0.05, 0) is 25.8 Å². The molecule has 0 aliphatic rings. The summed E-state index contributed by atoms with van der Waals surface area (Å²) in [6.07, 6.45) is 0.929. The van der Waals surface area contributed by atoms with E-state index in [4.69, 9.17) is 4.74 Å². The number of rotatable bonds is 8. The van der Waals surface area contributed by atoms with Crippen molar-refractivity contribution < 1.29 is 9.53 Å². The molecule has 0 aromatic rings. The van der Waals surface area contributed by atoms with E-state index < -0.39 is 0 Å². The molecular weight excluding hydrogens is 192 g/mol. The Hall–Kier alpha value is -0.610. The van der Waals surface area contributed by atoms with Gasteiger partial charge in [0.1, 0.15) is 0 Å². The highest BCUT2D eigenvalue weighted by atomic mass is 16.5. The zero-order chi connectivity index (χ0) is 11.7. The van der Waals surface area contributed by atoms with Crippen LogP contribution in [0.1, 0.15) is 27.2 Å². The summed E-state index contributed by atoms with van der Waals surface area (Å²) < 4.78 is 4.92. The molecule has 1 unspecified atom stereocenters. The number of hydrogen-bond donors (Lipinski definition) is 2. The molecule has 15 heavy (non-hydrogen) atoms. The van der Waals surface area contributed by atoms with Gasteiger partial charge < -0.3 is 15.4 Å². The van der Waals surface area contributed by atoms with Crippen LogP contribution in [0.5, 0.6) is 0 Å². The second-order valence-corrected chi connectivity index (χ2v) is 4.16. The minimum Gasteiger partial charge on any atom is -0.385 e. The van der Waals surface area contributed by atoms with Crippen LogP contribution in [-0.4, -0.2) is 38.8 Å². The van der Waals surface area contributed by atoms with Crippen molar-refractivity contribution in [3.8, 4) is 0 Å². The predicted octanol–water partition coefficient (Wildman–Crippen LogP) is 0.773. The summed E-state index contributed by atoms with van der Waals surface area (Å²) in [7, 11) is 1.68. The Labute approximate surface area is 92.8 Å². The Morgan fingerprint density at radius 3 is 2.53 bits per heavy atom. The van der Waals surface area contributed by atoms with Crippen molar-refractivity contribution in [2.24, 2.45) is 5.92 Å². The van der Waals surface area contributed by atoms with E-state index >= 15 is 0 Å². The monoisotopic (exact) mass is 216 g/mol. The van der Waals surface area contributed by atoms with Gasteiger partial charge in [-0.1, -0.05) is 13.8 Å². The van der Waals surface area contributed by atoms with Gasteiger partial charge in [0.25, 0.3) is 0 Å². The number of amides is 1. The number of ether oxygens (including phenoxy) is 1. The summed E-state index contributed by atoms with van der Waals surface area (Å²) in [6, 6.07) is -0.124. The van der Waals surface area contributed by atoms with Crippen LogP contribution >= 0.6 is 0 Å². The Morgan fingerprint density at radius 2 is 2.00 bits per heavy atom. The smallest absolute Gasteiger partial charge is 0.236 e. The van der Waals surface area contributed by atoms with E-state index in [1.165, 1.54) is 0 Å². The third-order valence-corrected chi connectivity index (χ3v) is 2.05. The van der Waals surface area contributed by atoms with Crippen LogP contribution in [0.4, 0.5) is 0 Å². The molecule has 0 bridgehead atoms. The summed E-state index contributed by atoms with van der Waals surface area (Å²) >= 11 is 0. The summed E-state index contributed by atoms with van der Waals surface area (Å²) in [5.74, 6) is 0.566. The molecule has 0 spiro atoms. The van der Waals surface area contributed by atoms with Crippen molar-refractivity contribution in [1.29, 1.82) is 0 Å². The summed E-state index contributed by atoms with van der Waals surface area (Å²) in [4.78, 5) is 11.5. The second kappa shape index (κ2) is 8.68. The molecule has 0 fully saturated rings. The first-order valence-corrected chi connectivity index (χ1v) is 5.58. The molecule has 4 nitrogen and oxygen atoms in total. The van der Waals surface area contributed by atoms with Gasteiger partial charge in [0.05, 0.1) is 6.04 Å². The molecule has 1 atom stereocenters. The van der Waals surface area contributed by atoms with Crippen LogP contribution in [0.2, 0.25) is 0 Å². The third kappa shape index (κ3) is 8.39. The fourth-order valence-electron chi connectivity index (χ4n) is 1.09. The normalized spacial score (nSPS) is 12.9. The van der Waals surface area contributed by atoms with Gasteiger partial charge in [-0.25, -0.2) is 0 Å². The average Bonchev–Trinajstić information content (AvgIpc) is 2.20. The highest BCUT2D eigenvalue weighted by Crippen LogP contribution is 1.89. The van der Waals surface area contributed by atoms with E-state index in [0.29, 0.717) is 5.92 Å². The van der Waals surface area contributed by atoms with Gasteiger partial charge in [0.2, 0.25) is 5.91 Å². The minimum absolute atomic E-state index is 0.0705. The van der Waals surface area contributed by atoms with E-state index in [1.807, 2.05) is 6.92 Å². The number of hydrogen-bond acceptors (Lipinski definition) is 3. The molecule has 0 aliphatic carbocycles. The first kappa shape index (κ1) is 14.4. The van der Waals surface area contributed by atoms with Crippen LogP contribution in [0.25, 0.3) is 0 Å². The Kier molecular flexibility index (Phi) is 8.33. The molecule has 0 heterocycles. The maximum Gasteiger partial charge on any atom is 0.236 e. The summed E-state index contributed by atoms with van der Waals surface area (Å²) in [6.45, 7) is 8.32. The van der Waals surface area contributed by atoms with E-state index in [9.17, 15) is 4.79 Å². The predicted molar refractivity (Wildman–Crippen MR) is 61.8 cm³/mol. The Balaban J connectivity index is 3.51. The van der Waals surface area contributed by atoms with Gasteiger partial charge in [-0.2, -0.15) is 0 Å². The van der Waals surface area contributed by atoms with Crippen LogP contribution in [0.3, 0.4) is 0 Å². The molecule has 4 heteroatoms. The first-order valence-electron chi connectivity index (χ1n) is 5.58. The molecule has 0 radical (unpaired) electrons. The molecule has 1 amide bonds. The van der Waals surface area contributed by atoms with Crippen molar-refractivity contribution in [2.75, 3.05) is 26.8 Å². The molecule has 0 saturated carbocycles. The van der Waals surface area contributed by atoms with Crippen molar-refractivity contribution in [1.82, 2.24) is 10.6 Å². The number of carbonyl (C=O) groups is 1. The van der Waals surface area contributed by atoms with Gasteiger partial charge in [-0.3, -0.25) is 4.79 Å². The highest BCUT2D eigenvalue weighted by Gasteiger charge is 2.10. The SMILES string of the molecule is COCCCNC(C)C(=O)NCC(C)C. The summed E-state index contributed by atoms with van der Waals surface area (Å²) in [5.41, 5.74) is 0. The topological polar surface area (TPSA) is 50.4 Å². The van der Waals surface area contributed by atoms with Gasteiger partial charge in [0, 0.05) is 20.3 Å². The summed E-state index contributed by atoms with van der Waals surface area (Å²) in [5, 5.41) is 6.04. The lowest BCUT2D eigenvalue weighted by molar-refractivity contribution is -0.122. The molecule has 90 valence electrons. The largest absolute Gasteiger partial charge is 0.385 e. The van der Waals surface area contributed by atoms with E-state index in [1.54, 1.807) is 7.11 Å². The molecule has 0 aromatic carbocycles. The number of carbonyl (C=O) groups excluding carboxylic acids is 1. The van der Waals surface area contributed by atoms with Gasteiger partial charge in [-0.15, -0.1) is 0 Å². The molecular formula is C11H24N2O2. The maximum absolute atomic E-state index is 11.5. The Bertz CT molecular complexity index is 172. The number of nitrogens with one attached hydrogen (secondary N) is 2. The highest BCUT2D eigenvalue weighted by molar-refractivity contribution is 5.81. The van der Waals surface area contributed by atoms with Crippen LogP contribution < -0.4 is 10.6 Å². The van der Waals surface area contributed by atoms with Gasteiger partial charge in [0.15, 0.2) is 0 Å². The van der Waals surface area contributed by atoms with Crippen molar-refractivity contribution >= 4 is 5.91 Å². The molecule has 0 rings (SSSR count). The van der Waals surface area contributed by atoms with E-state index in [-0.39, 0.29) is 11.9 Å². The standard InChI is InChI=1S/C11H24N2O2/c1-9(2)8-13-11(14)10(3)12-6-5-7-15-4/h9-10,12H,5-8H2,1-4H3,(H,13,14). The van der Waals surface area contributed by atoms with Crippen LogP contribution in [0.15, 0.2) is 0 Å². The lowest BCUT2D eigenvalue weighted by Crippen LogP contribution is -2.43. The van der Waals surface area contributed by atoms with Crippen molar-refractivity contribution in [3.05, 3.63) is 0 Å². The lowest BCUT2D eigenvalue weighted by atomic mass is 10.2. The quantitative estimate of drug-likeness (QED) is 0.589. The van der Waals surface area contributed by atoms with Crippen molar-refractivity contribution in [2.45, 2.75) is 33.2 Å². The molecule has 0 aromatic heterocycles. The van der Waals surface area contributed by atoms with Crippen LogP contribution in [0, 0.1) is 5.92 Å². The fraction of sp³-hybridized carbons (Fsp3) is 0.909. The number of methoxy groups -OCH3 is 1. The first-order chi connectivity index (χ1) is 7.07. The molecule has 0 aliphatic heterocycles. The minimum atomic E-state index is -0.124. The van der Waals surface area contributed by atoms with E-state index in [2.05, 4.69) is 24.5 Å².